The van der Waals surface area contributed by atoms with Gasteiger partial charge in [0, 0.05) is 35.8 Å². The Hall–Kier alpha value is -3.48. The van der Waals surface area contributed by atoms with Crippen LogP contribution in [-0.2, 0) is 12.8 Å². The van der Waals surface area contributed by atoms with Crippen molar-refractivity contribution in [3.63, 3.8) is 0 Å². The monoisotopic (exact) mass is 419 g/mol. The van der Waals surface area contributed by atoms with Crippen molar-refractivity contribution < 1.29 is 18.7 Å². The number of carbonyl (C=O) groups is 1. The Labute approximate surface area is 180 Å². The number of amides is 1. The van der Waals surface area contributed by atoms with E-state index in [4.69, 9.17) is 19.3 Å². The summed E-state index contributed by atoms with van der Waals surface area (Å²) in [6.45, 7) is 2.15. The molecule has 0 bridgehead atoms. The number of hydrogen-bond acceptors (Lipinski definition) is 6. The van der Waals surface area contributed by atoms with Crippen molar-refractivity contribution in [2.75, 3.05) is 37.5 Å². The van der Waals surface area contributed by atoms with Gasteiger partial charge in [-0.15, -0.1) is 0 Å². The number of fused-ring (bicyclic) bond motifs is 2. The first-order valence-corrected chi connectivity index (χ1v) is 10.5. The molecule has 2 aliphatic rings. The second-order valence-corrected chi connectivity index (χ2v) is 7.98. The number of anilines is 2. The highest BCUT2D eigenvalue weighted by atomic mass is 16.5. The molecule has 0 fully saturated rings. The van der Waals surface area contributed by atoms with Gasteiger partial charge in [-0.05, 0) is 55.5 Å². The van der Waals surface area contributed by atoms with Gasteiger partial charge >= 0.3 is 0 Å². The Balaban J connectivity index is 1.55. The average molecular weight is 419 g/mol. The van der Waals surface area contributed by atoms with Crippen molar-refractivity contribution in [3.05, 3.63) is 52.6 Å². The smallest absolute Gasteiger partial charge is 0.261 e. The van der Waals surface area contributed by atoms with Crippen LogP contribution < -0.4 is 25.2 Å². The molecule has 7 nitrogen and oxygen atoms in total. The molecule has 2 aromatic carbocycles. The maximum absolute atomic E-state index is 13.0. The van der Waals surface area contributed by atoms with E-state index in [9.17, 15) is 4.79 Å². The van der Waals surface area contributed by atoms with Crippen molar-refractivity contribution in [1.29, 1.82) is 5.41 Å². The molecule has 0 aliphatic carbocycles. The Bertz CT molecular complexity index is 1250. The molecule has 0 unspecified atom stereocenters. The van der Waals surface area contributed by atoms with Crippen LogP contribution in [0.15, 0.2) is 34.7 Å². The van der Waals surface area contributed by atoms with Gasteiger partial charge in [-0.25, -0.2) is 0 Å². The van der Waals surface area contributed by atoms with E-state index < -0.39 is 5.91 Å². The SMILES string of the molecule is COc1ccc(NC(=O)c2cc3cc4c5c(c3oc2=N)CCCN5CCC4)c(OC)c1. The number of benzene rings is 2. The highest BCUT2D eigenvalue weighted by Gasteiger charge is 2.27. The second kappa shape index (κ2) is 7.65. The summed E-state index contributed by atoms with van der Waals surface area (Å²) in [7, 11) is 3.10. The number of rotatable bonds is 4. The topological polar surface area (TPSA) is 87.8 Å². The summed E-state index contributed by atoms with van der Waals surface area (Å²) < 4.78 is 16.5. The van der Waals surface area contributed by atoms with Gasteiger partial charge in [0.05, 0.1) is 19.9 Å². The van der Waals surface area contributed by atoms with Crippen LogP contribution in [0.3, 0.4) is 0 Å². The highest BCUT2D eigenvalue weighted by molar-refractivity contribution is 6.06. The van der Waals surface area contributed by atoms with Crippen molar-refractivity contribution in [2.45, 2.75) is 25.7 Å². The van der Waals surface area contributed by atoms with Gasteiger partial charge in [-0.3, -0.25) is 10.2 Å². The van der Waals surface area contributed by atoms with Crippen LogP contribution in [0.2, 0.25) is 0 Å². The lowest BCUT2D eigenvalue weighted by Crippen LogP contribution is -2.34. The molecular formula is C24H25N3O4. The number of aryl methyl sites for hydroxylation is 2. The van der Waals surface area contributed by atoms with Crippen molar-refractivity contribution in [2.24, 2.45) is 0 Å². The number of carbonyl (C=O) groups excluding carboxylic acids is 1. The Morgan fingerprint density at radius 1 is 1.10 bits per heavy atom. The molecule has 2 N–H and O–H groups in total. The first-order chi connectivity index (χ1) is 15.1. The number of ether oxygens (including phenoxy) is 2. The summed E-state index contributed by atoms with van der Waals surface area (Å²) in [6.07, 6.45) is 4.18. The van der Waals surface area contributed by atoms with E-state index in [1.165, 1.54) is 23.9 Å². The Kier molecular flexibility index (Phi) is 4.81. The zero-order chi connectivity index (χ0) is 21.5. The minimum atomic E-state index is -0.410. The van der Waals surface area contributed by atoms with Crippen LogP contribution in [0, 0.1) is 5.41 Å². The highest BCUT2D eigenvalue weighted by Crippen LogP contribution is 2.39. The van der Waals surface area contributed by atoms with E-state index in [1.54, 1.807) is 31.4 Å². The summed E-state index contributed by atoms with van der Waals surface area (Å²) in [6, 6.07) is 9.06. The molecule has 1 amide bonds. The molecule has 0 saturated carbocycles. The fraction of sp³-hybridized carbons (Fsp3) is 0.333. The van der Waals surface area contributed by atoms with Crippen LogP contribution in [0.5, 0.6) is 11.5 Å². The van der Waals surface area contributed by atoms with E-state index >= 15 is 0 Å². The summed E-state index contributed by atoms with van der Waals surface area (Å²) in [5.41, 5.74) is 5.06. The fourth-order valence-corrected chi connectivity index (χ4v) is 4.72. The van der Waals surface area contributed by atoms with Gasteiger partial charge < -0.3 is 24.1 Å². The number of nitrogens with zero attached hydrogens (tertiary/aromatic N) is 1. The molecule has 1 aromatic heterocycles. The molecule has 160 valence electrons. The fourth-order valence-electron chi connectivity index (χ4n) is 4.72. The van der Waals surface area contributed by atoms with Crippen molar-refractivity contribution in [3.8, 4) is 11.5 Å². The molecule has 31 heavy (non-hydrogen) atoms. The first kappa shape index (κ1) is 19.5. The number of methoxy groups -OCH3 is 2. The second-order valence-electron chi connectivity index (χ2n) is 7.98. The molecule has 3 heterocycles. The normalized spacial score (nSPS) is 14.8. The Morgan fingerprint density at radius 3 is 2.68 bits per heavy atom. The molecular weight excluding hydrogens is 394 g/mol. The van der Waals surface area contributed by atoms with Gasteiger partial charge in [-0.2, -0.15) is 0 Å². The van der Waals surface area contributed by atoms with Gasteiger partial charge in [0.1, 0.15) is 22.6 Å². The van der Waals surface area contributed by atoms with E-state index in [2.05, 4.69) is 16.3 Å². The lowest BCUT2D eigenvalue weighted by Gasteiger charge is -2.37. The van der Waals surface area contributed by atoms with Gasteiger partial charge in [0.15, 0.2) is 0 Å². The molecule has 0 spiro atoms. The molecule has 0 atom stereocenters. The van der Waals surface area contributed by atoms with Gasteiger partial charge in [0.25, 0.3) is 5.91 Å². The number of hydrogen-bond donors (Lipinski definition) is 2. The molecule has 7 heteroatoms. The average Bonchev–Trinajstić information content (AvgIpc) is 2.79. The minimum absolute atomic E-state index is 0.137. The third-order valence-corrected chi connectivity index (χ3v) is 6.15. The van der Waals surface area contributed by atoms with E-state index in [0.29, 0.717) is 17.2 Å². The summed E-state index contributed by atoms with van der Waals surface area (Å²) in [5.74, 6) is 0.701. The third-order valence-electron chi connectivity index (χ3n) is 6.15. The van der Waals surface area contributed by atoms with Crippen LogP contribution in [0.25, 0.3) is 11.0 Å². The zero-order valence-corrected chi connectivity index (χ0v) is 17.7. The maximum atomic E-state index is 13.0. The molecule has 3 aromatic rings. The van der Waals surface area contributed by atoms with Crippen molar-refractivity contribution in [1.82, 2.24) is 0 Å². The molecule has 0 saturated heterocycles. The van der Waals surface area contributed by atoms with E-state index in [0.717, 1.165) is 49.7 Å². The maximum Gasteiger partial charge on any atom is 0.261 e. The van der Waals surface area contributed by atoms with Gasteiger partial charge in [0.2, 0.25) is 5.55 Å². The summed E-state index contributed by atoms with van der Waals surface area (Å²) in [4.78, 5) is 15.5. The Morgan fingerprint density at radius 2 is 1.90 bits per heavy atom. The zero-order valence-electron chi connectivity index (χ0n) is 17.7. The quantitative estimate of drug-likeness (QED) is 0.670. The van der Waals surface area contributed by atoms with Gasteiger partial charge in [-0.1, -0.05) is 0 Å². The summed E-state index contributed by atoms with van der Waals surface area (Å²) in [5, 5.41) is 12.1. The van der Waals surface area contributed by atoms with Crippen LogP contribution in [0.1, 0.15) is 34.3 Å². The summed E-state index contributed by atoms with van der Waals surface area (Å²) >= 11 is 0. The minimum Gasteiger partial charge on any atom is -0.497 e. The predicted molar refractivity (Wildman–Crippen MR) is 118 cm³/mol. The van der Waals surface area contributed by atoms with Crippen LogP contribution in [0.4, 0.5) is 11.4 Å². The predicted octanol–water partition coefficient (Wildman–Crippen LogP) is 3.88. The largest absolute Gasteiger partial charge is 0.497 e. The standard InChI is InChI=1S/C24H25N3O4/c1-29-16-7-8-19(20(13-16)30-2)26-24(28)18-12-15-11-14-5-3-9-27-10-4-6-17(21(14)27)22(15)31-23(18)25/h7-8,11-13,25H,3-6,9-10H2,1-2H3,(H,26,28). The molecule has 2 aliphatic heterocycles. The van der Waals surface area contributed by atoms with Crippen LogP contribution >= 0.6 is 0 Å². The van der Waals surface area contributed by atoms with Crippen molar-refractivity contribution >= 4 is 28.3 Å². The molecule has 0 radical (unpaired) electrons. The lowest BCUT2D eigenvalue weighted by molar-refractivity contribution is 0.102. The van der Waals surface area contributed by atoms with E-state index in [1.807, 2.05) is 0 Å². The third kappa shape index (κ3) is 3.30. The first-order valence-electron chi connectivity index (χ1n) is 10.5. The van der Waals surface area contributed by atoms with Crippen LogP contribution in [-0.4, -0.2) is 33.2 Å². The van der Waals surface area contributed by atoms with E-state index in [-0.39, 0.29) is 11.1 Å². The lowest BCUT2D eigenvalue weighted by atomic mass is 9.90. The number of nitrogens with one attached hydrogen (secondary N) is 2. The molecule has 5 rings (SSSR count).